The maximum atomic E-state index is 5.43. The molecule has 0 aromatic rings. The van der Waals surface area contributed by atoms with Crippen molar-refractivity contribution in [3.05, 3.63) is 11.6 Å². The molecule has 3 nitrogen and oxygen atoms in total. The number of ether oxygens (including phenoxy) is 2. The molecule has 3 heteroatoms. The summed E-state index contributed by atoms with van der Waals surface area (Å²) in [5, 5.41) is 3.56. The molecule has 2 aliphatic rings. The van der Waals surface area contributed by atoms with Crippen molar-refractivity contribution >= 4 is 0 Å². The number of rotatable bonds is 4. The summed E-state index contributed by atoms with van der Waals surface area (Å²) in [6.45, 7) is 4.63. The SMILES string of the molecule is C1=C(CCNC2CCCOC2)CCOC1. The van der Waals surface area contributed by atoms with Gasteiger partial charge in [-0.1, -0.05) is 11.6 Å². The van der Waals surface area contributed by atoms with E-state index in [0.717, 1.165) is 39.4 Å². The van der Waals surface area contributed by atoms with Gasteiger partial charge < -0.3 is 14.8 Å². The lowest BCUT2D eigenvalue weighted by molar-refractivity contribution is 0.0706. The second-order valence-electron chi connectivity index (χ2n) is 4.31. The van der Waals surface area contributed by atoms with Crippen LogP contribution < -0.4 is 5.32 Å². The van der Waals surface area contributed by atoms with Crippen molar-refractivity contribution in [2.24, 2.45) is 0 Å². The van der Waals surface area contributed by atoms with E-state index in [-0.39, 0.29) is 0 Å². The molecule has 0 aromatic carbocycles. The summed E-state index contributed by atoms with van der Waals surface area (Å²) >= 11 is 0. The van der Waals surface area contributed by atoms with Gasteiger partial charge in [-0.25, -0.2) is 0 Å². The van der Waals surface area contributed by atoms with Gasteiger partial charge >= 0.3 is 0 Å². The van der Waals surface area contributed by atoms with E-state index >= 15 is 0 Å². The van der Waals surface area contributed by atoms with Crippen LogP contribution in [0.3, 0.4) is 0 Å². The van der Waals surface area contributed by atoms with Gasteiger partial charge in [-0.3, -0.25) is 0 Å². The summed E-state index contributed by atoms with van der Waals surface area (Å²) in [4.78, 5) is 0. The van der Waals surface area contributed by atoms with Gasteiger partial charge in [0.25, 0.3) is 0 Å². The average molecular weight is 211 g/mol. The highest BCUT2D eigenvalue weighted by Crippen LogP contribution is 2.11. The third-order valence-electron chi connectivity index (χ3n) is 3.10. The lowest BCUT2D eigenvalue weighted by Gasteiger charge is -2.23. The minimum Gasteiger partial charge on any atom is -0.380 e. The normalized spacial score (nSPS) is 27.5. The lowest BCUT2D eigenvalue weighted by atomic mass is 10.1. The van der Waals surface area contributed by atoms with E-state index in [2.05, 4.69) is 11.4 Å². The smallest absolute Gasteiger partial charge is 0.0650 e. The fourth-order valence-electron chi connectivity index (χ4n) is 2.13. The van der Waals surface area contributed by atoms with Crippen LogP contribution in [0.15, 0.2) is 11.6 Å². The Morgan fingerprint density at radius 1 is 1.33 bits per heavy atom. The van der Waals surface area contributed by atoms with Gasteiger partial charge in [-0.2, -0.15) is 0 Å². The Bertz CT molecular complexity index is 210. The van der Waals surface area contributed by atoms with Crippen LogP contribution in [0, 0.1) is 0 Å². The van der Waals surface area contributed by atoms with Crippen molar-refractivity contribution in [3.8, 4) is 0 Å². The molecule has 86 valence electrons. The summed E-state index contributed by atoms with van der Waals surface area (Å²) in [6.07, 6.45) is 6.97. The summed E-state index contributed by atoms with van der Waals surface area (Å²) in [7, 11) is 0. The highest BCUT2D eigenvalue weighted by Gasteiger charge is 2.12. The molecule has 2 rings (SSSR count). The van der Waals surface area contributed by atoms with Crippen molar-refractivity contribution in [3.63, 3.8) is 0 Å². The first-order valence-corrected chi connectivity index (χ1v) is 6.02. The molecule has 1 saturated heterocycles. The molecule has 1 unspecified atom stereocenters. The lowest BCUT2D eigenvalue weighted by Crippen LogP contribution is -2.37. The predicted molar refractivity (Wildman–Crippen MR) is 60.0 cm³/mol. The zero-order chi connectivity index (χ0) is 10.3. The summed E-state index contributed by atoms with van der Waals surface area (Å²) in [6, 6.07) is 0.583. The zero-order valence-electron chi connectivity index (χ0n) is 9.34. The van der Waals surface area contributed by atoms with Crippen molar-refractivity contribution in [2.45, 2.75) is 31.7 Å². The Morgan fingerprint density at radius 2 is 2.33 bits per heavy atom. The first-order valence-electron chi connectivity index (χ1n) is 6.02. The molecule has 0 bridgehead atoms. The number of hydrogen-bond acceptors (Lipinski definition) is 3. The molecule has 0 spiro atoms. The average Bonchev–Trinajstić information content (AvgIpc) is 2.32. The second kappa shape index (κ2) is 6.26. The summed E-state index contributed by atoms with van der Waals surface area (Å²) in [5.74, 6) is 0. The van der Waals surface area contributed by atoms with Crippen molar-refractivity contribution in [1.82, 2.24) is 5.32 Å². The van der Waals surface area contributed by atoms with E-state index in [1.165, 1.54) is 19.3 Å². The van der Waals surface area contributed by atoms with Crippen LogP contribution in [0.1, 0.15) is 25.7 Å². The van der Waals surface area contributed by atoms with Gasteiger partial charge in [0, 0.05) is 12.6 Å². The molecule has 2 heterocycles. The standard InChI is InChI=1S/C12H21NO2/c1-2-12(10-15-7-1)13-6-3-11-4-8-14-9-5-11/h4,12-13H,1-3,5-10H2. The Balaban J connectivity index is 1.59. The second-order valence-corrected chi connectivity index (χ2v) is 4.31. The minimum absolute atomic E-state index is 0.583. The van der Waals surface area contributed by atoms with Crippen LogP contribution in [-0.4, -0.2) is 39.0 Å². The predicted octanol–water partition coefficient (Wildman–Crippen LogP) is 1.49. The van der Waals surface area contributed by atoms with Gasteiger partial charge in [0.15, 0.2) is 0 Å². The van der Waals surface area contributed by atoms with Gasteiger partial charge in [0.2, 0.25) is 0 Å². The van der Waals surface area contributed by atoms with Crippen molar-refractivity contribution < 1.29 is 9.47 Å². The summed E-state index contributed by atoms with van der Waals surface area (Å²) < 4.78 is 10.7. The highest BCUT2D eigenvalue weighted by atomic mass is 16.5. The molecule has 0 amide bonds. The van der Waals surface area contributed by atoms with Crippen LogP contribution in [-0.2, 0) is 9.47 Å². The number of nitrogens with one attached hydrogen (secondary N) is 1. The molecule has 2 aliphatic heterocycles. The monoisotopic (exact) mass is 211 g/mol. The molecule has 0 saturated carbocycles. The van der Waals surface area contributed by atoms with E-state index in [4.69, 9.17) is 9.47 Å². The van der Waals surface area contributed by atoms with Crippen LogP contribution in [0.2, 0.25) is 0 Å². The quantitative estimate of drug-likeness (QED) is 0.715. The highest BCUT2D eigenvalue weighted by molar-refractivity contribution is 5.04. The molecule has 0 aliphatic carbocycles. The van der Waals surface area contributed by atoms with E-state index in [1.54, 1.807) is 5.57 Å². The van der Waals surface area contributed by atoms with Gasteiger partial charge in [-0.05, 0) is 32.2 Å². The first-order chi connectivity index (χ1) is 7.45. The van der Waals surface area contributed by atoms with Crippen LogP contribution in [0.25, 0.3) is 0 Å². The van der Waals surface area contributed by atoms with E-state index < -0.39 is 0 Å². The van der Waals surface area contributed by atoms with E-state index in [1.807, 2.05) is 0 Å². The molecule has 1 atom stereocenters. The molecular weight excluding hydrogens is 190 g/mol. The molecule has 1 fully saturated rings. The van der Waals surface area contributed by atoms with Crippen molar-refractivity contribution in [1.29, 1.82) is 0 Å². The first kappa shape index (κ1) is 11.1. The fourth-order valence-corrected chi connectivity index (χ4v) is 2.13. The molecule has 15 heavy (non-hydrogen) atoms. The van der Waals surface area contributed by atoms with Crippen molar-refractivity contribution in [2.75, 3.05) is 33.0 Å². The fraction of sp³-hybridized carbons (Fsp3) is 0.833. The van der Waals surface area contributed by atoms with E-state index in [9.17, 15) is 0 Å². The topological polar surface area (TPSA) is 30.5 Å². The Kier molecular flexibility index (Phi) is 4.64. The van der Waals surface area contributed by atoms with Crippen LogP contribution in [0.5, 0.6) is 0 Å². The zero-order valence-corrected chi connectivity index (χ0v) is 9.34. The number of hydrogen-bond donors (Lipinski definition) is 1. The van der Waals surface area contributed by atoms with Crippen LogP contribution in [0.4, 0.5) is 0 Å². The van der Waals surface area contributed by atoms with Crippen LogP contribution >= 0.6 is 0 Å². The minimum atomic E-state index is 0.583. The molecular formula is C12H21NO2. The molecule has 0 aromatic heterocycles. The largest absolute Gasteiger partial charge is 0.380 e. The van der Waals surface area contributed by atoms with Gasteiger partial charge in [0.1, 0.15) is 0 Å². The van der Waals surface area contributed by atoms with Gasteiger partial charge in [0.05, 0.1) is 19.8 Å². The molecule has 1 N–H and O–H groups in total. The third-order valence-corrected chi connectivity index (χ3v) is 3.10. The third kappa shape index (κ3) is 3.93. The maximum Gasteiger partial charge on any atom is 0.0650 e. The Labute approximate surface area is 91.8 Å². The Hall–Kier alpha value is -0.380. The molecule has 0 radical (unpaired) electrons. The summed E-state index contributed by atoms with van der Waals surface area (Å²) in [5.41, 5.74) is 1.55. The van der Waals surface area contributed by atoms with E-state index in [0.29, 0.717) is 6.04 Å². The maximum absolute atomic E-state index is 5.43. The van der Waals surface area contributed by atoms with Gasteiger partial charge in [-0.15, -0.1) is 0 Å². The Morgan fingerprint density at radius 3 is 3.07 bits per heavy atom.